The Morgan fingerprint density at radius 3 is 1.67 bits per heavy atom. The van der Waals surface area contributed by atoms with Crippen molar-refractivity contribution in [2.24, 2.45) is 0 Å². The minimum Gasteiger partial charge on any atom is -0.550 e. The predicted molar refractivity (Wildman–Crippen MR) is 64.4 cm³/mol. The van der Waals surface area contributed by atoms with E-state index in [9.17, 15) is 19.5 Å². The Kier molecular flexibility index (Phi) is 12.4. The molecule has 21 heavy (non-hydrogen) atoms. The van der Waals surface area contributed by atoms with Crippen molar-refractivity contribution in [2.75, 3.05) is 34.3 Å². The normalized spacial score (nSPS) is 13.0. The Balaban J connectivity index is -0.000000347. The zero-order chi connectivity index (χ0) is 16.6. The fraction of sp³-hybridized carbons (Fsp3) is 0.727. The van der Waals surface area contributed by atoms with Crippen LogP contribution in [0.5, 0.6) is 0 Å². The van der Waals surface area contributed by atoms with Crippen LogP contribution < -0.4 is 5.11 Å². The molecule has 1 unspecified atom stereocenters. The summed E-state index contributed by atoms with van der Waals surface area (Å²) in [4.78, 5) is 30.3. The second kappa shape index (κ2) is 10.5. The van der Waals surface area contributed by atoms with E-state index in [0.29, 0.717) is 0 Å². The van der Waals surface area contributed by atoms with E-state index in [1.807, 2.05) is 0 Å². The summed E-state index contributed by atoms with van der Waals surface area (Å²) < 4.78 is 0.844. The maximum absolute atomic E-state index is 10.3. The molecule has 0 amide bonds. The summed E-state index contributed by atoms with van der Waals surface area (Å²) in [6.07, 6.45) is -2.44. The van der Waals surface area contributed by atoms with Gasteiger partial charge < -0.3 is 34.8 Å². The van der Waals surface area contributed by atoms with E-state index in [4.69, 9.17) is 20.4 Å². The number of carbonyl (C=O) groups excluding carboxylic acids is 1. The molecule has 129 valence electrons. The van der Waals surface area contributed by atoms with Gasteiger partial charge in [-0.25, -0.2) is 4.79 Å². The summed E-state index contributed by atoms with van der Waals surface area (Å²) >= 11 is 0. The van der Waals surface area contributed by atoms with E-state index in [1.165, 1.54) is 0 Å². The minimum atomic E-state index is -2.80. The summed E-state index contributed by atoms with van der Waals surface area (Å²) in [6.45, 7) is 1.11. The van der Waals surface area contributed by atoms with Crippen molar-refractivity contribution in [3.63, 3.8) is 0 Å². The molecule has 0 aliphatic carbocycles. The van der Waals surface area contributed by atoms with Gasteiger partial charge in [0.2, 0.25) is 0 Å². The Bertz CT molecular complexity index is 337. The number of carbonyl (C=O) groups is 3. The number of quaternary nitrogens is 1. The molecule has 0 aliphatic heterocycles. The molecular weight excluding hydrogens is 338 g/mol. The van der Waals surface area contributed by atoms with Crippen LogP contribution in [-0.4, -0.2) is 82.7 Å². The number of aliphatic carboxylic acids is 3. The van der Waals surface area contributed by atoms with Crippen molar-refractivity contribution in [2.45, 2.75) is 18.4 Å². The van der Waals surface area contributed by atoms with Crippen LogP contribution in [0.3, 0.4) is 0 Å². The summed E-state index contributed by atoms with van der Waals surface area (Å²) in [6, 6.07) is 0. The van der Waals surface area contributed by atoms with Crippen LogP contribution in [0.25, 0.3) is 0 Å². The van der Waals surface area contributed by atoms with Crippen molar-refractivity contribution < 1.29 is 61.5 Å². The van der Waals surface area contributed by atoms with Crippen molar-refractivity contribution in [3.05, 3.63) is 0 Å². The molecule has 0 bridgehead atoms. The number of aliphatic hydroxyl groups is 2. The van der Waals surface area contributed by atoms with Gasteiger partial charge in [0.05, 0.1) is 34.2 Å². The summed E-state index contributed by atoms with van der Waals surface area (Å²) in [5, 5.41) is 43.9. The van der Waals surface area contributed by atoms with Crippen molar-refractivity contribution in [1.82, 2.24) is 0 Å². The van der Waals surface area contributed by atoms with Gasteiger partial charge in [-0.15, -0.1) is 0 Å². The van der Waals surface area contributed by atoms with E-state index >= 15 is 0 Å². The summed E-state index contributed by atoms with van der Waals surface area (Å²) in [5.41, 5.74) is -2.80. The van der Waals surface area contributed by atoms with Gasteiger partial charge in [-0.05, 0) is 0 Å². The summed E-state index contributed by atoms with van der Waals surface area (Å²) in [5.74, 6) is -5.34. The molecule has 0 rings (SSSR count). The number of likely N-dealkylation sites (N-methyl/N-ethyl adjacent to an activating group) is 1. The molecule has 0 aromatic rings. The van der Waals surface area contributed by atoms with Crippen molar-refractivity contribution in [3.8, 4) is 0 Å². The number of nitrogens with zero attached hydrogens (tertiary/aromatic N) is 1. The molecule has 1 atom stereocenters. The quantitative estimate of drug-likeness (QED) is 0.279. The third-order valence-electron chi connectivity index (χ3n) is 2.05. The molecule has 1 radical (unpaired) electrons. The van der Waals surface area contributed by atoms with Gasteiger partial charge in [0.25, 0.3) is 0 Å². The van der Waals surface area contributed by atoms with Crippen LogP contribution in [0, 0.1) is 0 Å². The Morgan fingerprint density at radius 2 is 1.52 bits per heavy atom. The first kappa shape index (κ1) is 24.8. The first-order valence-electron chi connectivity index (χ1n) is 5.63. The number of carboxylic acid groups (broad SMARTS) is 3. The molecule has 0 heterocycles. The molecule has 0 saturated carbocycles. The Labute approximate surface area is 132 Å². The molecule has 0 saturated heterocycles. The number of hydrogen-bond donors (Lipinski definition) is 4. The number of rotatable bonds is 7. The fourth-order valence-electron chi connectivity index (χ4n) is 1.00. The maximum atomic E-state index is 10.3. The monoisotopic (exact) mass is 358 g/mol. The van der Waals surface area contributed by atoms with Crippen LogP contribution in [0.1, 0.15) is 12.8 Å². The zero-order valence-electron chi connectivity index (χ0n) is 12.0. The standard InChI is InChI=1S/C6H8O7.C5H14NO.Cu/c7-3(8)1-6(13,5(11)12)2-4(9)10;1-6(2,3)4-5-7;/h13H,1-2H2,(H,7,8)(H,9,10)(H,11,12);7H,4-5H2,1-3H3;/q;+1;/p-1. The van der Waals surface area contributed by atoms with Gasteiger partial charge in [-0.2, -0.15) is 0 Å². The van der Waals surface area contributed by atoms with Gasteiger partial charge in [0, 0.05) is 29.5 Å². The Hall–Kier alpha value is -1.19. The van der Waals surface area contributed by atoms with Gasteiger partial charge in [-0.3, -0.25) is 4.79 Å². The SMILES string of the molecule is C[N+](C)(C)CCO.O=C([O-])CC(O)(CC(=O)O)C(=O)O.[Cu]. The minimum absolute atomic E-state index is 0. The molecule has 0 aromatic carbocycles. The van der Waals surface area contributed by atoms with Crippen molar-refractivity contribution >= 4 is 17.9 Å². The van der Waals surface area contributed by atoms with Crippen LogP contribution in [0.15, 0.2) is 0 Å². The van der Waals surface area contributed by atoms with Crippen LogP contribution in [0.4, 0.5) is 0 Å². The first-order valence-corrected chi connectivity index (χ1v) is 5.63. The molecular formula is C11H21CuNO8. The van der Waals surface area contributed by atoms with Gasteiger partial charge in [-0.1, -0.05) is 0 Å². The fourth-order valence-corrected chi connectivity index (χ4v) is 1.00. The topological polar surface area (TPSA) is 155 Å². The second-order valence-corrected chi connectivity index (χ2v) is 5.19. The van der Waals surface area contributed by atoms with Gasteiger partial charge >= 0.3 is 11.9 Å². The first-order chi connectivity index (χ1) is 8.84. The molecule has 9 nitrogen and oxygen atoms in total. The van der Waals surface area contributed by atoms with E-state index in [0.717, 1.165) is 11.0 Å². The van der Waals surface area contributed by atoms with E-state index < -0.39 is 36.4 Å². The van der Waals surface area contributed by atoms with Crippen LogP contribution >= 0.6 is 0 Å². The number of carboxylic acids is 3. The molecule has 10 heteroatoms. The third kappa shape index (κ3) is 15.0. The van der Waals surface area contributed by atoms with Crippen LogP contribution in [0.2, 0.25) is 0 Å². The smallest absolute Gasteiger partial charge is 0.336 e. The zero-order valence-corrected chi connectivity index (χ0v) is 12.9. The molecule has 0 aliphatic rings. The van der Waals surface area contributed by atoms with E-state index in [1.54, 1.807) is 0 Å². The molecule has 0 aromatic heterocycles. The maximum Gasteiger partial charge on any atom is 0.336 e. The van der Waals surface area contributed by atoms with Crippen molar-refractivity contribution in [1.29, 1.82) is 0 Å². The average molecular weight is 359 g/mol. The number of aliphatic hydroxyl groups excluding tert-OH is 1. The van der Waals surface area contributed by atoms with E-state index in [-0.39, 0.29) is 23.7 Å². The molecule has 0 fully saturated rings. The van der Waals surface area contributed by atoms with Gasteiger partial charge in [0.1, 0.15) is 6.54 Å². The molecule has 0 spiro atoms. The average Bonchev–Trinajstić information content (AvgIpc) is 2.12. The Morgan fingerprint density at radius 1 is 1.10 bits per heavy atom. The summed E-state index contributed by atoms with van der Waals surface area (Å²) in [7, 11) is 6.16. The largest absolute Gasteiger partial charge is 0.550 e. The second-order valence-electron chi connectivity index (χ2n) is 5.19. The van der Waals surface area contributed by atoms with E-state index in [2.05, 4.69) is 21.1 Å². The number of hydrogen-bond acceptors (Lipinski definition) is 6. The molecule has 4 N–H and O–H groups in total. The van der Waals surface area contributed by atoms with Gasteiger partial charge in [0.15, 0.2) is 5.60 Å². The van der Waals surface area contributed by atoms with Crippen LogP contribution in [-0.2, 0) is 31.5 Å². The third-order valence-corrected chi connectivity index (χ3v) is 2.05. The predicted octanol–water partition coefficient (Wildman–Crippen LogP) is -2.90.